The van der Waals surface area contributed by atoms with Crippen LogP contribution in [0, 0.1) is 13.8 Å². The topological polar surface area (TPSA) is 114 Å². The van der Waals surface area contributed by atoms with Crippen molar-refractivity contribution in [3.63, 3.8) is 0 Å². The van der Waals surface area contributed by atoms with Gasteiger partial charge in [0.2, 0.25) is 0 Å². The predicted molar refractivity (Wildman–Crippen MR) is 121 cm³/mol. The number of nitrogens with zero attached hydrogens (tertiary/aromatic N) is 6. The molecule has 0 unspecified atom stereocenters. The highest BCUT2D eigenvalue weighted by Crippen LogP contribution is 2.31. The van der Waals surface area contributed by atoms with Crippen molar-refractivity contribution >= 4 is 28.4 Å². The molecule has 10 heteroatoms. The van der Waals surface area contributed by atoms with Gasteiger partial charge in [-0.3, -0.25) is 14.5 Å². The summed E-state index contributed by atoms with van der Waals surface area (Å²) >= 11 is 0. The van der Waals surface area contributed by atoms with Gasteiger partial charge >= 0.3 is 0 Å². The molecule has 5 rings (SSSR count). The van der Waals surface area contributed by atoms with E-state index in [1.54, 1.807) is 30.3 Å². The number of imidazole rings is 1. The van der Waals surface area contributed by atoms with Crippen molar-refractivity contribution in [3.05, 3.63) is 47.8 Å². The van der Waals surface area contributed by atoms with Crippen molar-refractivity contribution in [2.45, 2.75) is 13.8 Å². The minimum atomic E-state index is -0.240. The standard InChI is InChI=1S/C22H24N8O2/c1-13-8-19(29(3)28-13)22(31)26-15-9-16(14(2)23-11-15)17-10-18-20(25-12-24-18)21(27-17)30-4-6-32-7-5-30/h8-12H,4-7H2,1-3H3,(H,24,25)(H,26,31). The fourth-order valence-corrected chi connectivity index (χ4v) is 3.94. The number of hydrogen-bond donors (Lipinski definition) is 2. The fraction of sp³-hybridized carbons (Fsp3) is 0.318. The lowest BCUT2D eigenvalue weighted by Crippen LogP contribution is -2.37. The highest BCUT2D eigenvalue weighted by atomic mass is 16.5. The number of H-pyrrole nitrogens is 1. The molecule has 0 aromatic carbocycles. The molecule has 0 spiro atoms. The van der Waals surface area contributed by atoms with Crippen LogP contribution in [-0.2, 0) is 11.8 Å². The lowest BCUT2D eigenvalue weighted by atomic mass is 10.1. The largest absolute Gasteiger partial charge is 0.378 e. The molecule has 32 heavy (non-hydrogen) atoms. The summed E-state index contributed by atoms with van der Waals surface area (Å²) < 4.78 is 7.06. The molecule has 1 fully saturated rings. The average Bonchev–Trinajstić information content (AvgIpc) is 3.40. The van der Waals surface area contributed by atoms with Crippen LogP contribution in [0.15, 0.2) is 30.7 Å². The maximum atomic E-state index is 12.7. The van der Waals surface area contributed by atoms with Crippen molar-refractivity contribution in [1.29, 1.82) is 0 Å². The van der Waals surface area contributed by atoms with Crippen LogP contribution in [0.1, 0.15) is 21.9 Å². The van der Waals surface area contributed by atoms with Crippen LogP contribution < -0.4 is 10.2 Å². The molecule has 4 aromatic heterocycles. The number of ether oxygens (including phenoxy) is 1. The molecule has 1 aliphatic rings. The molecule has 10 nitrogen and oxygen atoms in total. The number of hydrogen-bond acceptors (Lipinski definition) is 7. The van der Waals surface area contributed by atoms with Crippen LogP contribution in [0.25, 0.3) is 22.3 Å². The molecule has 4 aromatic rings. The third-order valence-corrected chi connectivity index (χ3v) is 5.55. The summed E-state index contributed by atoms with van der Waals surface area (Å²) in [4.78, 5) is 32.0. The maximum absolute atomic E-state index is 12.7. The predicted octanol–water partition coefficient (Wildman–Crippen LogP) is 2.46. The lowest BCUT2D eigenvalue weighted by molar-refractivity contribution is 0.101. The molecule has 0 saturated carbocycles. The van der Waals surface area contributed by atoms with E-state index in [0.717, 1.165) is 52.6 Å². The van der Waals surface area contributed by atoms with E-state index < -0.39 is 0 Å². The zero-order valence-corrected chi connectivity index (χ0v) is 18.2. The first-order valence-electron chi connectivity index (χ1n) is 10.5. The Balaban J connectivity index is 1.52. The van der Waals surface area contributed by atoms with Crippen LogP contribution in [0.5, 0.6) is 0 Å². The van der Waals surface area contributed by atoms with Gasteiger partial charge in [0, 0.05) is 31.4 Å². The van der Waals surface area contributed by atoms with E-state index >= 15 is 0 Å². The van der Waals surface area contributed by atoms with Gasteiger partial charge in [-0.25, -0.2) is 9.97 Å². The zero-order chi connectivity index (χ0) is 22.2. The minimum Gasteiger partial charge on any atom is -0.378 e. The van der Waals surface area contributed by atoms with E-state index in [1.807, 2.05) is 26.0 Å². The lowest BCUT2D eigenvalue weighted by Gasteiger charge is -2.28. The second kappa shape index (κ2) is 8.04. The molecule has 0 aliphatic carbocycles. The average molecular weight is 432 g/mol. The summed E-state index contributed by atoms with van der Waals surface area (Å²) in [6.07, 6.45) is 3.33. The summed E-state index contributed by atoms with van der Waals surface area (Å²) in [6, 6.07) is 5.61. The monoisotopic (exact) mass is 432 g/mol. The van der Waals surface area contributed by atoms with Crippen molar-refractivity contribution in [1.82, 2.24) is 29.7 Å². The van der Waals surface area contributed by atoms with Crippen molar-refractivity contribution < 1.29 is 9.53 Å². The fourth-order valence-electron chi connectivity index (χ4n) is 3.94. The van der Waals surface area contributed by atoms with Gasteiger partial charge in [0.15, 0.2) is 5.82 Å². The van der Waals surface area contributed by atoms with Gasteiger partial charge in [0.25, 0.3) is 5.91 Å². The number of aryl methyl sites for hydroxylation is 3. The first kappa shape index (κ1) is 20.1. The number of amides is 1. The number of carbonyl (C=O) groups excluding carboxylic acids is 1. The molecule has 164 valence electrons. The van der Waals surface area contributed by atoms with E-state index in [9.17, 15) is 4.79 Å². The van der Waals surface area contributed by atoms with E-state index in [2.05, 4.69) is 30.3 Å². The van der Waals surface area contributed by atoms with E-state index in [0.29, 0.717) is 24.6 Å². The Bertz CT molecular complexity index is 1300. The van der Waals surface area contributed by atoms with Crippen LogP contribution in [-0.4, -0.2) is 61.9 Å². The highest BCUT2D eigenvalue weighted by Gasteiger charge is 2.20. The maximum Gasteiger partial charge on any atom is 0.273 e. The molecule has 1 aliphatic heterocycles. The number of aromatic nitrogens is 6. The van der Waals surface area contributed by atoms with Gasteiger partial charge in [-0.15, -0.1) is 0 Å². The van der Waals surface area contributed by atoms with E-state index in [-0.39, 0.29) is 5.91 Å². The van der Waals surface area contributed by atoms with Gasteiger partial charge in [0.05, 0.1) is 48.3 Å². The Hall–Kier alpha value is -3.79. The molecule has 0 radical (unpaired) electrons. The van der Waals surface area contributed by atoms with Crippen molar-refractivity contribution in [2.75, 3.05) is 36.5 Å². The van der Waals surface area contributed by atoms with Crippen LogP contribution in [0.3, 0.4) is 0 Å². The quantitative estimate of drug-likeness (QED) is 0.509. The van der Waals surface area contributed by atoms with Gasteiger partial charge in [-0.2, -0.15) is 5.10 Å². The van der Waals surface area contributed by atoms with E-state index in [4.69, 9.17) is 9.72 Å². The minimum absolute atomic E-state index is 0.240. The Morgan fingerprint density at radius 3 is 2.72 bits per heavy atom. The van der Waals surface area contributed by atoms with Crippen molar-refractivity contribution in [2.24, 2.45) is 7.05 Å². The number of anilines is 2. The Morgan fingerprint density at radius 2 is 1.97 bits per heavy atom. The summed E-state index contributed by atoms with van der Waals surface area (Å²) in [5, 5.41) is 7.16. The molecule has 0 bridgehead atoms. The molecular weight excluding hydrogens is 408 g/mol. The smallest absolute Gasteiger partial charge is 0.273 e. The first-order chi connectivity index (χ1) is 15.5. The number of rotatable bonds is 4. The van der Waals surface area contributed by atoms with Crippen LogP contribution >= 0.6 is 0 Å². The molecule has 5 heterocycles. The summed E-state index contributed by atoms with van der Waals surface area (Å²) in [7, 11) is 1.75. The van der Waals surface area contributed by atoms with Gasteiger partial charge in [-0.1, -0.05) is 0 Å². The van der Waals surface area contributed by atoms with Gasteiger partial charge in [0.1, 0.15) is 11.2 Å². The van der Waals surface area contributed by atoms with Crippen LogP contribution in [0.2, 0.25) is 0 Å². The molecule has 1 saturated heterocycles. The molecule has 0 atom stereocenters. The van der Waals surface area contributed by atoms with E-state index in [1.165, 1.54) is 0 Å². The zero-order valence-electron chi connectivity index (χ0n) is 18.2. The number of pyridine rings is 2. The Labute approximate surface area is 184 Å². The van der Waals surface area contributed by atoms with Crippen LogP contribution in [0.4, 0.5) is 11.5 Å². The highest BCUT2D eigenvalue weighted by molar-refractivity contribution is 6.03. The number of aromatic amines is 1. The number of morpholine rings is 1. The third kappa shape index (κ3) is 3.69. The Morgan fingerprint density at radius 1 is 1.16 bits per heavy atom. The third-order valence-electron chi connectivity index (χ3n) is 5.55. The van der Waals surface area contributed by atoms with Gasteiger partial charge < -0.3 is 19.9 Å². The molecule has 1 amide bonds. The Kier molecular flexibility index (Phi) is 5.06. The second-order valence-electron chi connectivity index (χ2n) is 7.83. The number of fused-ring (bicyclic) bond motifs is 1. The molecular formula is C22H24N8O2. The molecule has 2 N–H and O–H groups in total. The summed E-state index contributed by atoms with van der Waals surface area (Å²) in [5.74, 6) is 0.580. The van der Waals surface area contributed by atoms with Crippen molar-refractivity contribution in [3.8, 4) is 11.3 Å². The summed E-state index contributed by atoms with van der Waals surface area (Å²) in [6.45, 7) is 6.62. The first-order valence-corrected chi connectivity index (χ1v) is 10.5. The summed E-state index contributed by atoms with van der Waals surface area (Å²) in [5.41, 5.74) is 6.01. The SMILES string of the molecule is Cc1cc(C(=O)Nc2cnc(C)c(-c3cc4[nH]cnc4c(N4CCOCC4)n3)c2)n(C)n1. The number of nitrogens with one attached hydrogen (secondary N) is 2. The number of carbonyl (C=O) groups is 1. The van der Waals surface area contributed by atoms with Gasteiger partial charge in [-0.05, 0) is 32.0 Å². The second-order valence-corrected chi connectivity index (χ2v) is 7.83. The normalized spacial score (nSPS) is 14.2.